The third-order valence-electron chi connectivity index (χ3n) is 4.99. The Morgan fingerprint density at radius 1 is 1.00 bits per heavy atom. The van der Waals surface area contributed by atoms with Gasteiger partial charge in [0, 0.05) is 26.2 Å². The lowest BCUT2D eigenvalue weighted by molar-refractivity contribution is 0.0911. The molecule has 2 aromatic heterocycles. The number of thiophene rings is 1. The van der Waals surface area contributed by atoms with Crippen LogP contribution >= 0.6 is 11.3 Å². The Hall–Kier alpha value is -2.95. The second-order valence-corrected chi connectivity index (χ2v) is 9.78. The van der Waals surface area contributed by atoms with Gasteiger partial charge in [-0.2, -0.15) is 4.31 Å². The fourth-order valence-corrected chi connectivity index (χ4v) is 6.14. The zero-order chi connectivity index (χ0) is 21.8. The van der Waals surface area contributed by atoms with Crippen molar-refractivity contribution in [3.63, 3.8) is 0 Å². The van der Waals surface area contributed by atoms with E-state index >= 15 is 0 Å². The number of carbonyl (C=O) groups excluding carboxylic acids is 2. The molecule has 3 heterocycles. The molecule has 0 radical (unpaired) electrons. The standard InChI is InChI=1S/C21H21N3O5S2/c25-20(17-6-3-12-29-17)22-9-10-23-21(26)19-18(8-13-30-19)31(27,28)24-11-7-15-4-1-2-5-16(15)14-24/h1-6,8,12-13H,7,9-11,14H2,(H,22,25)(H,23,26). The number of benzene rings is 1. The number of nitrogens with one attached hydrogen (secondary N) is 2. The normalized spacial score (nSPS) is 14.1. The van der Waals surface area contributed by atoms with Gasteiger partial charge in [-0.25, -0.2) is 8.42 Å². The number of furan rings is 1. The highest BCUT2D eigenvalue weighted by atomic mass is 32.2. The van der Waals surface area contributed by atoms with Crippen LogP contribution in [-0.2, 0) is 23.0 Å². The van der Waals surface area contributed by atoms with E-state index in [0.717, 1.165) is 22.5 Å². The largest absolute Gasteiger partial charge is 0.459 e. The molecule has 0 saturated carbocycles. The smallest absolute Gasteiger partial charge is 0.287 e. The maximum Gasteiger partial charge on any atom is 0.287 e. The molecular weight excluding hydrogens is 438 g/mol. The summed E-state index contributed by atoms with van der Waals surface area (Å²) < 4.78 is 32.8. The summed E-state index contributed by atoms with van der Waals surface area (Å²) in [6, 6.07) is 12.4. The Bertz CT molecular complexity index is 1190. The molecule has 2 amide bonds. The summed E-state index contributed by atoms with van der Waals surface area (Å²) in [5.74, 6) is -0.691. The SMILES string of the molecule is O=C(NCCNC(=O)c1sccc1S(=O)(=O)N1CCc2ccccc2C1)c1ccco1. The lowest BCUT2D eigenvalue weighted by Gasteiger charge is -2.28. The van der Waals surface area contributed by atoms with E-state index in [9.17, 15) is 18.0 Å². The molecule has 8 nitrogen and oxygen atoms in total. The fraction of sp³-hybridized carbons (Fsp3) is 0.238. The van der Waals surface area contributed by atoms with E-state index < -0.39 is 15.9 Å². The zero-order valence-corrected chi connectivity index (χ0v) is 18.2. The van der Waals surface area contributed by atoms with Crippen molar-refractivity contribution >= 4 is 33.2 Å². The molecule has 2 N–H and O–H groups in total. The van der Waals surface area contributed by atoms with Crippen molar-refractivity contribution in [2.45, 2.75) is 17.9 Å². The number of nitrogens with zero attached hydrogens (tertiary/aromatic N) is 1. The molecule has 1 aliphatic heterocycles. The van der Waals surface area contributed by atoms with Gasteiger partial charge in [0.2, 0.25) is 10.0 Å². The quantitative estimate of drug-likeness (QED) is 0.527. The van der Waals surface area contributed by atoms with Crippen LogP contribution in [0.4, 0.5) is 0 Å². The molecule has 0 spiro atoms. The van der Waals surface area contributed by atoms with Crippen molar-refractivity contribution in [3.05, 3.63) is 75.9 Å². The van der Waals surface area contributed by atoms with Gasteiger partial charge < -0.3 is 15.1 Å². The second-order valence-electron chi connectivity index (χ2n) is 6.96. The zero-order valence-electron chi connectivity index (χ0n) is 16.5. The first-order valence-corrected chi connectivity index (χ1v) is 12.0. The number of carbonyl (C=O) groups is 2. The minimum Gasteiger partial charge on any atom is -0.459 e. The van der Waals surface area contributed by atoms with E-state index in [1.165, 1.54) is 22.7 Å². The number of rotatable bonds is 7. The molecule has 0 aliphatic carbocycles. The van der Waals surface area contributed by atoms with Crippen LogP contribution in [0.15, 0.2) is 63.4 Å². The highest BCUT2D eigenvalue weighted by Gasteiger charge is 2.32. The summed E-state index contributed by atoms with van der Waals surface area (Å²) in [5, 5.41) is 6.88. The number of hydrogen-bond donors (Lipinski definition) is 2. The van der Waals surface area contributed by atoms with Gasteiger partial charge in [-0.05, 0) is 41.1 Å². The van der Waals surface area contributed by atoms with Crippen molar-refractivity contribution in [2.75, 3.05) is 19.6 Å². The van der Waals surface area contributed by atoms with Crippen LogP contribution in [0.2, 0.25) is 0 Å². The van der Waals surface area contributed by atoms with E-state index in [4.69, 9.17) is 4.42 Å². The van der Waals surface area contributed by atoms with E-state index in [0.29, 0.717) is 13.0 Å². The first kappa shape index (κ1) is 21.3. The van der Waals surface area contributed by atoms with Gasteiger partial charge in [-0.3, -0.25) is 9.59 Å². The summed E-state index contributed by atoms with van der Waals surface area (Å²) in [4.78, 5) is 24.6. The molecular formula is C21H21N3O5S2. The van der Waals surface area contributed by atoms with Gasteiger partial charge in [0.25, 0.3) is 11.8 Å². The second kappa shape index (κ2) is 9.04. The van der Waals surface area contributed by atoms with Gasteiger partial charge in [0.15, 0.2) is 5.76 Å². The van der Waals surface area contributed by atoms with Gasteiger partial charge >= 0.3 is 0 Å². The molecule has 0 atom stereocenters. The molecule has 3 aromatic rings. The predicted octanol–water partition coefficient (Wildman–Crippen LogP) is 2.25. The highest BCUT2D eigenvalue weighted by Crippen LogP contribution is 2.29. The minimum atomic E-state index is -3.81. The molecule has 10 heteroatoms. The van der Waals surface area contributed by atoms with Crippen molar-refractivity contribution in [3.8, 4) is 0 Å². The predicted molar refractivity (Wildman–Crippen MR) is 115 cm³/mol. The average molecular weight is 460 g/mol. The van der Waals surface area contributed by atoms with Crippen LogP contribution < -0.4 is 10.6 Å². The lowest BCUT2D eigenvalue weighted by Crippen LogP contribution is -2.37. The van der Waals surface area contributed by atoms with Crippen molar-refractivity contribution in [1.29, 1.82) is 0 Å². The molecule has 4 rings (SSSR count). The highest BCUT2D eigenvalue weighted by molar-refractivity contribution is 7.89. The van der Waals surface area contributed by atoms with Crippen LogP contribution in [0, 0.1) is 0 Å². The molecule has 1 aromatic carbocycles. The van der Waals surface area contributed by atoms with Gasteiger partial charge in [-0.15, -0.1) is 11.3 Å². The summed E-state index contributed by atoms with van der Waals surface area (Å²) in [7, 11) is -3.81. The Balaban J connectivity index is 1.38. The number of sulfonamides is 1. The van der Waals surface area contributed by atoms with Crippen LogP contribution in [-0.4, -0.2) is 44.2 Å². The maximum atomic E-state index is 13.2. The van der Waals surface area contributed by atoms with Gasteiger partial charge in [-0.1, -0.05) is 24.3 Å². The van der Waals surface area contributed by atoms with Crippen molar-refractivity contribution in [1.82, 2.24) is 14.9 Å². The monoisotopic (exact) mass is 459 g/mol. The summed E-state index contributed by atoms with van der Waals surface area (Å²) in [5.41, 5.74) is 2.12. The van der Waals surface area contributed by atoms with Crippen LogP contribution in [0.1, 0.15) is 31.4 Å². The Kier molecular flexibility index (Phi) is 6.21. The van der Waals surface area contributed by atoms with Crippen molar-refractivity contribution < 1.29 is 22.4 Å². The van der Waals surface area contributed by atoms with E-state index in [1.807, 2.05) is 24.3 Å². The fourth-order valence-electron chi connectivity index (χ4n) is 3.41. The number of amides is 2. The van der Waals surface area contributed by atoms with E-state index in [1.54, 1.807) is 11.4 Å². The Morgan fingerprint density at radius 3 is 2.48 bits per heavy atom. The van der Waals surface area contributed by atoms with E-state index in [-0.39, 0.29) is 41.1 Å². The third-order valence-corrected chi connectivity index (χ3v) is 7.92. The molecule has 1 aliphatic rings. The van der Waals surface area contributed by atoms with Gasteiger partial charge in [0.05, 0.1) is 6.26 Å². The minimum absolute atomic E-state index is 0.00834. The number of hydrogen-bond acceptors (Lipinski definition) is 6. The Labute approximate surface area is 183 Å². The first-order chi connectivity index (χ1) is 15.0. The molecule has 162 valence electrons. The summed E-state index contributed by atoms with van der Waals surface area (Å²) in [6.45, 7) is 0.991. The summed E-state index contributed by atoms with van der Waals surface area (Å²) in [6.07, 6.45) is 2.03. The Morgan fingerprint density at radius 2 is 1.74 bits per heavy atom. The van der Waals surface area contributed by atoms with Gasteiger partial charge in [0.1, 0.15) is 9.77 Å². The third kappa shape index (κ3) is 4.55. The average Bonchev–Trinajstić information content (AvgIpc) is 3.48. The van der Waals surface area contributed by atoms with E-state index in [2.05, 4.69) is 10.6 Å². The molecule has 0 unspecified atom stereocenters. The topological polar surface area (TPSA) is 109 Å². The molecule has 31 heavy (non-hydrogen) atoms. The molecule has 0 bridgehead atoms. The van der Waals surface area contributed by atoms with Crippen LogP contribution in [0.25, 0.3) is 0 Å². The van der Waals surface area contributed by atoms with Crippen LogP contribution in [0.5, 0.6) is 0 Å². The first-order valence-electron chi connectivity index (χ1n) is 9.71. The van der Waals surface area contributed by atoms with Crippen molar-refractivity contribution in [2.24, 2.45) is 0 Å². The molecule has 0 saturated heterocycles. The van der Waals surface area contributed by atoms with Crippen LogP contribution in [0.3, 0.4) is 0 Å². The number of fused-ring (bicyclic) bond motifs is 1. The lowest BCUT2D eigenvalue weighted by atomic mass is 10.0. The maximum absolute atomic E-state index is 13.2. The summed E-state index contributed by atoms with van der Waals surface area (Å²) >= 11 is 1.08. The molecule has 0 fully saturated rings.